The highest BCUT2D eigenvalue weighted by Gasteiger charge is 2.84. The molecule has 11 atom stereocenters. The van der Waals surface area contributed by atoms with Gasteiger partial charge in [0.2, 0.25) is 0 Å². The fourth-order valence-electron chi connectivity index (χ4n) is 10.4. The van der Waals surface area contributed by atoms with Crippen LogP contribution in [0.1, 0.15) is 60.3 Å². The second kappa shape index (κ2) is 7.64. The molecule has 8 nitrogen and oxygen atoms in total. The molecule has 2 saturated heterocycles. The number of hydrogen-bond donors (Lipinski definition) is 1. The lowest BCUT2D eigenvalue weighted by Crippen LogP contribution is -2.53. The average Bonchev–Trinajstić information content (AvgIpc) is 3.53. The third kappa shape index (κ3) is 2.72. The lowest BCUT2D eigenvalue weighted by molar-refractivity contribution is -0.160. The van der Waals surface area contributed by atoms with Gasteiger partial charge in [0.05, 0.1) is 16.9 Å². The first-order valence-electron chi connectivity index (χ1n) is 14.3. The van der Waals surface area contributed by atoms with Gasteiger partial charge in [0.15, 0.2) is 5.78 Å². The van der Waals surface area contributed by atoms with Crippen LogP contribution in [0.2, 0.25) is 0 Å². The summed E-state index contributed by atoms with van der Waals surface area (Å²) in [6.45, 7) is 13.0. The first kappa shape index (κ1) is 25.9. The molecular weight excluding hydrogens is 512 g/mol. The molecule has 2 aliphatic heterocycles. The Morgan fingerprint density at radius 3 is 2.55 bits per heavy atom. The monoisotopic (exact) mass is 548 g/mol. The predicted molar refractivity (Wildman–Crippen MR) is 141 cm³/mol. The van der Waals surface area contributed by atoms with Gasteiger partial charge in [-0.15, -0.1) is 0 Å². The summed E-state index contributed by atoms with van der Waals surface area (Å²) in [5, 5.41) is 12.2. The van der Waals surface area contributed by atoms with Crippen molar-refractivity contribution in [1.82, 2.24) is 0 Å². The van der Waals surface area contributed by atoms with E-state index in [1.165, 1.54) is 6.92 Å². The van der Waals surface area contributed by atoms with E-state index in [2.05, 4.69) is 6.58 Å². The van der Waals surface area contributed by atoms with Gasteiger partial charge in [-0.25, -0.2) is 4.79 Å². The van der Waals surface area contributed by atoms with Crippen LogP contribution in [0.3, 0.4) is 0 Å². The van der Waals surface area contributed by atoms with E-state index in [4.69, 9.17) is 14.2 Å². The Morgan fingerprint density at radius 2 is 1.85 bits per heavy atom. The second-order valence-corrected chi connectivity index (χ2v) is 13.8. The summed E-state index contributed by atoms with van der Waals surface area (Å²) in [7, 11) is 0. The zero-order valence-corrected chi connectivity index (χ0v) is 23.6. The van der Waals surface area contributed by atoms with Gasteiger partial charge in [0, 0.05) is 53.1 Å². The molecule has 212 valence electrons. The maximum absolute atomic E-state index is 14.5. The third-order valence-electron chi connectivity index (χ3n) is 12.1. The minimum Gasteiger partial charge on any atom is -0.462 e. The molecule has 1 N–H and O–H groups in total. The quantitative estimate of drug-likeness (QED) is 0.229. The molecule has 0 radical (unpaired) electrons. The van der Waals surface area contributed by atoms with Crippen LogP contribution in [0.4, 0.5) is 0 Å². The molecule has 2 heterocycles. The van der Waals surface area contributed by atoms with Gasteiger partial charge in [-0.05, 0) is 46.1 Å². The smallest absolute Gasteiger partial charge is 0.334 e. The number of carbonyl (C=O) groups is 4. The topological polar surface area (TPSA) is 116 Å². The zero-order chi connectivity index (χ0) is 28.7. The van der Waals surface area contributed by atoms with E-state index < -0.39 is 75.8 Å². The lowest BCUT2D eigenvalue weighted by atomic mass is 9.54. The van der Waals surface area contributed by atoms with Crippen LogP contribution in [0.25, 0.3) is 0 Å². The highest BCUT2D eigenvalue weighted by molar-refractivity contribution is 6.09. The van der Waals surface area contributed by atoms with Crippen molar-refractivity contribution in [3.63, 3.8) is 0 Å². The van der Waals surface area contributed by atoms with Gasteiger partial charge in [0.25, 0.3) is 0 Å². The normalized spacial score (nSPS) is 50.1. The molecule has 0 aromatic carbocycles. The molecule has 1 spiro atoms. The van der Waals surface area contributed by atoms with Crippen molar-refractivity contribution in [3.05, 3.63) is 47.1 Å². The van der Waals surface area contributed by atoms with E-state index in [9.17, 15) is 24.3 Å². The molecule has 11 unspecified atom stereocenters. The number of ether oxygens (including phenoxy) is 3. The van der Waals surface area contributed by atoms with Crippen LogP contribution in [-0.2, 0) is 33.4 Å². The van der Waals surface area contributed by atoms with E-state index >= 15 is 0 Å². The Hall–Kier alpha value is -3.00. The van der Waals surface area contributed by atoms with Crippen LogP contribution < -0.4 is 0 Å². The minimum absolute atomic E-state index is 0.0934. The fourth-order valence-corrected chi connectivity index (χ4v) is 10.4. The summed E-state index contributed by atoms with van der Waals surface area (Å²) in [5.41, 5.74) is -1.46. The van der Waals surface area contributed by atoms with E-state index in [-0.39, 0.29) is 18.1 Å². The Bertz CT molecular complexity index is 1410. The number of fused-ring (bicyclic) bond motifs is 6. The standard InChI is InChI=1S/C32H36O8/c1-14-11-19(34)21-15(2)12-20(38-17(4)33)23-25(22(14)21)40-28(36)32(23)13-31-10-9-29(32,5)26(31)24-18(7-8-30(31,6)37)16(3)27(35)39-24/h9-11,18,20,22-26,37H,3,7-8,12-13H2,1-2,4-6H3. The maximum Gasteiger partial charge on any atom is 0.334 e. The average molecular weight is 549 g/mol. The summed E-state index contributed by atoms with van der Waals surface area (Å²) in [4.78, 5) is 52.9. The number of esters is 3. The summed E-state index contributed by atoms with van der Waals surface area (Å²) >= 11 is 0. The second-order valence-electron chi connectivity index (χ2n) is 13.8. The Morgan fingerprint density at radius 1 is 1.12 bits per heavy atom. The summed E-state index contributed by atoms with van der Waals surface area (Å²) < 4.78 is 18.4. The van der Waals surface area contributed by atoms with Crippen LogP contribution in [-0.4, -0.2) is 52.7 Å². The van der Waals surface area contributed by atoms with E-state index in [1.54, 1.807) is 6.08 Å². The molecule has 0 aromatic heterocycles. The van der Waals surface area contributed by atoms with Crippen molar-refractivity contribution >= 4 is 23.7 Å². The number of ketones is 1. The summed E-state index contributed by atoms with van der Waals surface area (Å²) in [6, 6.07) is 0. The van der Waals surface area contributed by atoms with Crippen LogP contribution in [0.5, 0.6) is 0 Å². The molecule has 2 saturated carbocycles. The van der Waals surface area contributed by atoms with Crippen molar-refractivity contribution in [2.24, 2.45) is 39.9 Å². The Kier molecular flexibility index (Phi) is 4.95. The van der Waals surface area contributed by atoms with Gasteiger partial charge in [-0.1, -0.05) is 36.8 Å². The molecule has 4 fully saturated rings. The molecule has 0 aromatic rings. The van der Waals surface area contributed by atoms with Crippen LogP contribution >= 0.6 is 0 Å². The Balaban J connectivity index is 1.45. The number of hydrogen-bond acceptors (Lipinski definition) is 8. The molecule has 40 heavy (non-hydrogen) atoms. The van der Waals surface area contributed by atoms with Crippen LogP contribution in [0, 0.1) is 39.9 Å². The van der Waals surface area contributed by atoms with Crippen molar-refractivity contribution in [1.29, 1.82) is 0 Å². The first-order valence-corrected chi connectivity index (χ1v) is 14.3. The molecule has 5 aliphatic carbocycles. The van der Waals surface area contributed by atoms with Gasteiger partial charge in [-0.2, -0.15) is 0 Å². The first-order chi connectivity index (χ1) is 18.7. The summed E-state index contributed by atoms with van der Waals surface area (Å²) in [6.07, 6.45) is 5.27. The van der Waals surface area contributed by atoms with E-state index in [0.29, 0.717) is 30.4 Å². The number of rotatable bonds is 1. The van der Waals surface area contributed by atoms with Crippen molar-refractivity contribution in [2.75, 3.05) is 0 Å². The zero-order valence-electron chi connectivity index (χ0n) is 23.6. The molecule has 2 bridgehead atoms. The SMILES string of the molecule is C=C1C(=O)OC2C1CCC(C)(O)C13C=CC(C)(C21)C1(C3)C(=O)OC2C3C(C)=CC(=O)C3=C(C)CC(OC(C)=O)C21. The molecule has 7 aliphatic rings. The minimum atomic E-state index is -1.20. The number of aliphatic hydroxyl groups is 1. The Labute approximate surface area is 233 Å². The van der Waals surface area contributed by atoms with Crippen molar-refractivity contribution in [2.45, 2.75) is 84.2 Å². The maximum atomic E-state index is 14.5. The van der Waals surface area contributed by atoms with Crippen molar-refractivity contribution in [3.8, 4) is 0 Å². The third-order valence-corrected chi connectivity index (χ3v) is 12.1. The molecule has 0 amide bonds. The number of allylic oxidation sites excluding steroid dienone is 2. The molecular formula is C32H36O8. The van der Waals surface area contributed by atoms with Gasteiger partial charge in [-0.3, -0.25) is 14.4 Å². The summed E-state index contributed by atoms with van der Waals surface area (Å²) in [5.74, 6) is -3.06. The lowest BCUT2D eigenvalue weighted by Gasteiger charge is -2.46. The van der Waals surface area contributed by atoms with Gasteiger partial charge >= 0.3 is 17.9 Å². The highest BCUT2D eigenvalue weighted by Crippen LogP contribution is 2.80. The molecule has 7 rings (SSSR count). The van der Waals surface area contributed by atoms with Gasteiger partial charge < -0.3 is 19.3 Å². The molecule has 8 heteroatoms. The number of carbonyl (C=O) groups excluding carboxylic acids is 4. The van der Waals surface area contributed by atoms with E-state index in [0.717, 1.165) is 11.1 Å². The van der Waals surface area contributed by atoms with Gasteiger partial charge in [0.1, 0.15) is 18.3 Å². The van der Waals surface area contributed by atoms with Crippen LogP contribution in [0.15, 0.2) is 47.1 Å². The highest BCUT2D eigenvalue weighted by atomic mass is 16.6. The van der Waals surface area contributed by atoms with E-state index in [1.807, 2.05) is 39.8 Å². The van der Waals surface area contributed by atoms with Crippen molar-refractivity contribution < 1.29 is 38.5 Å². The fraction of sp³-hybridized carbons (Fsp3) is 0.625. The largest absolute Gasteiger partial charge is 0.462 e. The predicted octanol–water partition coefficient (Wildman–Crippen LogP) is 3.54.